The normalized spacial score (nSPS) is 17.9. The van der Waals surface area contributed by atoms with Gasteiger partial charge in [-0.3, -0.25) is 9.69 Å². The molecule has 136 valence electrons. The minimum atomic E-state index is 0.162. The summed E-state index contributed by atoms with van der Waals surface area (Å²) < 4.78 is 0. The molecule has 2 heterocycles. The van der Waals surface area contributed by atoms with Crippen LogP contribution in [-0.4, -0.2) is 53.9 Å². The van der Waals surface area contributed by atoms with Gasteiger partial charge in [-0.05, 0) is 18.4 Å². The molecule has 1 aromatic heterocycles. The van der Waals surface area contributed by atoms with Gasteiger partial charge in [-0.1, -0.05) is 30.3 Å². The molecule has 6 heteroatoms. The molecular formula is C20H25N5O. The second-order valence-corrected chi connectivity index (χ2v) is 6.97. The number of piperazine rings is 1. The van der Waals surface area contributed by atoms with Crippen molar-refractivity contribution >= 4 is 17.5 Å². The molecule has 2 aromatic rings. The second kappa shape index (κ2) is 7.41. The number of nitrogens with zero attached hydrogens (tertiary/aromatic N) is 4. The number of hydrogen-bond acceptors (Lipinski definition) is 6. The molecule has 1 fully saturated rings. The maximum Gasteiger partial charge on any atom is 0.227 e. The third-order valence-electron chi connectivity index (χ3n) is 5.21. The Morgan fingerprint density at radius 2 is 1.81 bits per heavy atom. The van der Waals surface area contributed by atoms with Crippen molar-refractivity contribution in [2.75, 3.05) is 43.4 Å². The van der Waals surface area contributed by atoms with Gasteiger partial charge in [0, 0.05) is 46.2 Å². The van der Waals surface area contributed by atoms with Crippen LogP contribution in [0.25, 0.3) is 0 Å². The van der Waals surface area contributed by atoms with Gasteiger partial charge in [0.1, 0.15) is 5.82 Å². The molecule has 6 nitrogen and oxygen atoms in total. The first kappa shape index (κ1) is 17.0. The molecule has 0 radical (unpaired) electrons. The number of carbonyl (C=O) groups is 1. The molecule has 1 N–H and O–H groups in total. The van der Waals surface area contributed by atoms with Crippen LogP contribution in [0, 0.1) is 0 Å². The lowest BCUT2D eigenvalue weighted by molar-refractivity contribution is 0.0972. The standard InChI is InChI=1S/C20H25N5O/c1-21-19-18-16(8-5-9-17(18)26)22-20(23-19)25-12-10-24(11-13-25)14-15-6-3-2-4-7-15/h2-4,6-7H,5,8-14H2,1H3,(H,21,22,23). The van der Waals surface area contributed by atoms with E-state index in [1.165, 1.54) is 5.56 Å². The molecule has 0 atom stereocenters. The Morgan fingerprint density at radius 1 is 1.04 bits per heavy atom. The van der Waals surface area contributed by atoms with Crippen molar-refractivity contribution < 1.29 is 4.79 Å². The molecule has 2 aliphatic rings. The average Bonchev–Trinajstić information content (AvgIpc) is 2.68. The molecule has 26 heavy (non-hydrogen) atoms. The summed E-state index contributed by atoms with van der Waals surface area (Å²) in [4.78, 5) is 26.3. The zero-order chi connectivity index (χ0) is 17.9. The van der Waals surface area contributed by atoms with Gasteiger partial charge in [-0.15, -0.1) is 0 Å². The fraction of sp³-hybridized carbons (Fsp3) is 0.450. The van der Waals surface area contributed by atoms with Gasteiger partial charge in [-0.2, -0.15) is 4.98 Å². The number of rotatable bonds is 4. The van der Waals surface area contributed by atoms with Gasteiger partial charge in [-0.25, -0.2) is 4.98 Å². The predicted molar refractivity (Wildman–Crippen MR) is 103 cm³/mol. The number of nitrogens with one attached hydrogen (secondary N) is 1. The van der Waals surface area contributed by atoms with E-state index < -0.39 is 0 Å². The molecule has 0 saturated carbocycles. The topological polar surface area (TPSA) is 61.4 Å². The summed E-state index contributed by atoms with van der Waals surface area (Å²) in [5, 5.41) is 3.10. The zero-order valence-electron chi connectivity index (χ0n) is 15.2. The van der Waals surface area contributed by atoms with Crippen LogP contribution in [0.2, 0.25) is 0 Å². The van der Waals surface area contributed by atoms with Gasteiger partial charge >= 0.3 is 0 Å². The number of benzene rings is 1. The van der Waals surface area contributed by atoms with Crippen molar-refractivity contribution in [3.05, 3.63) is 47.2 Å². The van der Waals surface area contributed by atoms with E-state index in [9.17, 15) is 4.79 Å². The first-order valence-electron chi connectivity index (χ1n) is 9.37. The molecule has 0 spiro atoms. The summed E-state index contributed by atoms with van der Waals surface area (Å²) in [7, 11) is 1.83. The van der Waals surface area contributed by atoms with E-state index in [4.69, 9.17) is 4.98 Å². The minimum Gasteiger partial charge on any atom is -0.372 e. The monoisotopic (exact) mass is 351 g/mol. The van der Waals surface area contributed by atoms with Crippen LogP contribution in [0.3, 0.4) is 0 Å². The fourth-order valence-electron chi connectivity index (χ4n) is 3.78. The van der Waals surface area contributed by atoms with Gasteiger partial charge in [0.2, 0.25) is 5.95 Å². The SMILES string of the molecule is CNc1nc(N2CCN(Cc3ccccc3)CC2)nc2c1C(=O)CCC2. The highest BCUT2D eigenvalue weighted by Crippen LogP contribution is 2.28. The second-order valence-electron chi connectivity index (χ2n) is 6.97. The van der Waals surface area contributed by atoms with Crippen molar-refractivity contribution in [1.29, 1.82) is 0 Å². The summed E-state index contributed by atoms with van der Waals surface area (Å²) in [6, 6.07) is 10.6. The van der Waals surface area contributed by atoms with E-state index in [0.29, 0.717) is 17.8 Å². The maximum absolute atomic E-state index is 12.2. The Labute approximate surface area is 154 Å². The molecule has 1 aliphatic heterocycles. The Kier molecular flexibility index (Phi) is 4.84. The number of ketones is 1. The number of hydrogen-bond donors (Lipinski definition) is 1. The molecule has 1 saturated heterocycles. The van der Waals surface area contributed by atoms with Crippen molar-refractivity contribution in [3.8, 4) is 0 Å². The lowest BCUT2D eigenvalue weighted by Gasteiger charge is -2.35. The Hall–Kier alpha value is -2.47. The van der Waals surface area contributed by atoms with E-state index in [-0.39, 0.29) is 5.78 Å². The Balaban J connectivity index is 1.47. The molecule has 4 rings (SSSR count). The molecular weight excluding hydrogens is 326 g/mol. The summed E-state index contributed by atoms with van der Waals surface area (Å²) in [6.07, 6.45) is 2.35. The van der Waals surface area contributed by atoms with Crippen LogP contribution in [0.5, 0.6) is 0 Å². The van der Waals surface area contributed by atoms with Gasteiger partial charge in [0.15, 0.2) is 5.78 Å². The van der Waals surface area contributed by atoms with Crippen molar-refractivity contribution in [1.82, 2.24) is 14.9 Å². The molecule has 0 unspecified atom stereocenters. The van der Waals surface area contributed by atoms with Crippen molar-refractivity contribution in [2.24, 2.45) is 0 Å². The summed E-state index contributed by atoms with van der Waals surface area (Å²) in [6.45, 7) is 4.77. The number of Topliss-reactive ketones (excluding diaryl/α,β-unsaturated/α-hetero) is 1. The Morgan fingerprint density at radius 3 is 2.54 bits per heavy atom. The van der Waals surface area contributed by atoms with Crippen LogP contribution in [0.15, 0.2) is 30.3 Å². The first-order valence-corrected chi connectivity index (χ1v) is 9.37. The van der Waals surface area contributed by atoms with E-state index >= 15 is 0 Å². The summed E-state index contributed by atoms with van der Waals surface area (Å²) in [5.74, 6) is 1.60. The molecule has 0 bridgehead atoms. The third-order valence-corrected chi connectivity index (χ3v) is 5.21. The molecule has 1 aliphatic carbocycles. The van der Waals surface area contributed by atoms with Crippen LogP contribution < -0.4 is 10.2 Å². The van der Waals surface area contributed by atoms with E-state index in [2.05, 4.69) is 50.4 Å². The highest BCUT2D eigenvalue weighted by molar-refractivity contribution is 6.02. The number of anilines is 2. The van der Waals surface area contributed by atoms with E-state index in [0.717, 1.165) is 57.2 Å². The number of carbonyl (C=O) groups excluding carboxylic acids is 1. The van der Waals surface area contributed by atoms with Gasteiger partial charge < -0.3 is 10.2 Å². The quantitative estimate of drug-likeness (QED) is 0.912. The van der Waals surface area contributed by atoms with Crippen molar-refractivity contribution in [3.63, 3.8) is 0 Å². The predicted octanol–water partition coefficient (Wildman–Crippen LogP) is 2.36. The highest BCUT2D eigenvalue weighted by Gasteiger charge is 2.26. The number of aryl methyl sites for hydroxylation is 1. The fourth-order valence-corrected chi connectivity index (χ4v) is 3.78. The first-order chi connectivity index (χ1) is 12.7. The highest BCUT2D eigenvalue weighted by atomic mass is 16.1. The van der Waals surface area contributed by atoms with Gasteiger partial charge in [0.05, 0.1) is 11.3 Å². The lowest BCUT2D eigenvalue weighted by Crippen LogP contribution is -2.46. The van der Waals surface area contributed by atoms with E-state index in [1.54, 1.807) is 0 Å². The van der Waals surface area contributed by atoms with Crippen LogP contribution >= 0.6 is 0 Å². The van der Waals surface area contributed by atoms with Crippen LogP contribution in [0.4, 0.5) is 11.8 Å². The smallest absolute Gasteiger partial charge is 0.227 e. The zero-order valence-corrected chi connectivity index (χ0v) is 15.2. The van der Waals surface area contributed by atoms with Crippen LogP contribution in [0.1, 0.15) is 34.5 Å². The van der Waals surface area contributed by atoms with Crippen molar-refractivity contribution in [2.45, 2.75) is 25.8 Å². The maximum atomic E-state index is 12.2. The summed E-state index contributed by atoms with van der Waals surface area (Å²) >= 11 is 0. The van der Waals surface area contributed by atoms with Gasteiger partial charge in [0.25, 0.3) is 0 Å². The van der Waals surface area contributed by atoms with E-state index in [1.807, 2.05) is 7.05 Å². The largest absolute Gasteiger partial charge is 0.372 e. The molecule has 1 aromatic carbocycles. The Bertz CT molecular complexity index is 767. The third kappa shape index (κ3) is 3.42. The average molecular weight is 351 g/mol. The molecule has 0 amide bonds. The van der Waals surface area contributed by atoms with Crippen LogP contribution in [-0.2, 0) is 13.0 Å². The minimum absolute atomic E-state index is 0.162. The number of fused-ring (bicyclic) bond motifs is 1. The lowest BCUT2D eigenvalue weighted by atomic mass is 9.95. The summed E-state index contributed by atoms with van der Waals surface area (Å²) in [5.41, 5.74) is 2.95. The number of aromatic nitrogens is 2.